The van der Waals surface area contributed by atoms with Gasteiger partial charge in [0.05, 0.1) is 33.5 Å². The van der Waals surface area contributed by atoms with Crippen molar-refractivity contribution in [3.8, 4) is 33.6 Å². The van der Waals surface area contributed by atoms with Crippen LogP contribution in [0.4, 0.5) is 0 Å². The normalized spacial score (nSPS) is 14.0. The van der Waals surface area contributed by atoms with Gasteiger partial charge in [0.1, 0.15) is 0 Å². The Kier molecular flexibility index (Phi) is 6.91. The number of allylic oxidation sites excluding steroid dienone is 2. The van der Waals surface area contributed by atoms with Crippen molar-refractivity contribution in [3.05, 3.63) is 206 Å². The maximum absolute atomic E-state index is 5.25. The van der Waals surface area contributed by atoms with Crippen molar-refractivity contribution in [3.63, 3.8) is 0 Å². The Morgan fingerprint density at radius 3 is 1.25 bits per heavy atom. The van der Waals surface area contributed by atoms with Gasteiger partial charge in [-0.05, 0) is 79.4 Å². The molecule has 264 valence electrons. The van der Waals surface area contributed by atoms with Crippen LogP contribution in [0.1, 0.15) is 11.1 Å². The summed E-state index contributed by atoms with van der Waals surface area (Å²) < 4.78 is 0. The molecule has 4 nitrogen and oxygen atoms in total. The van der Waals surface area contributed by atoms with Gasteiger partial charge < -0.3 is 0 Å². The van der Waals surface area contributed by atoms with Gasteiger partial charge in [0.2, 0.25) is 0 Å². The molecule has 0 bridgehead atoms. The van der Waals surface area contributed by atoms with Gasteiger partial charge in [0.15, 0.2) is 8.07 Å². The predicted molar refractivity (Wildman–Crippen MR) is 238 cm³/mol. The minimum Gasteiger partial charge on any atom is -0.254 e. The highest BCUT2D eigenvalue weighted by Crippen LogP contribution is 2.47. The van der Waals surface area contributed by atoms with Crippen LogP contribution in [0.15, 0.2) is 194 Å². The van der Waals surface area contributed by atoms with E-state index >= 15 is 0 Å². The lowest BCUT2D eigenvalue weighted by Crippen LogP contribution is -2.56. The maximum Gasteiger partial charge on any atom is 0.182 e. The van der Waals surface area contributed by atoms with Gasteiger partial charge in [0, 0.05) is 45.1 Å². The van der Waals surface area contributed by atoms with Crippen molar-refractivity contribution < 1.29 is 0 Å². The van der Waals surface area contributed by atoms with Gasteiger partial charge in [-0.2, -0.15) is 0 Å². The maximum atomic E-state index is 5.25. The summed E-state index contributed by atoms with van der Waals surface area (Å²) in [5.74, 6) is 0. The number of pyridine rings is 4. The van der Waals surface area contributed by atoms with Crippen molar-refractivity contribution in [2.24, 2.45) is 0 Å². The van der Waals surface area contributed by atoms with E-state index in [1.54, 1.807) is 0 Å². The summed E-state index contributed by atoms with van der Waals surface area (Å²) in [6, 6.07) is 61.5. The summed E-state index contributed by atoms with van der Waals surface area (Å²) in [4.78, 5) is 19.9. The smallest absolute Gasteiger partial charge is 0.182 e. The second-order valence-electron chi connectivity index (χ2n) is 15.0. The highest BCUT2D eigenvalue weighted by molar-refractivity contribution is 7.28. The molecule has 0 saturated carbocycles. The van der Waals surface area contributed by atoms with Crippen molar-refractivity contribution in [1.29, 1.82) is 0 Å². The summed E-state index contributed by atoms with van der Waals surface area (Å²) in [7, 11) is -2.80. The molecule has 0 saturated heterocycles. The molecule has 0 radical (unpaired) electrons. The number of benzene rings is 6. The molecule has 0 unspecified atom stereocenters. The number of aromatic nitrogens is 4. The number of nitrogens with zero attached hydrogens (tertiary/aromatic N) is 4. The first kappa shape index (κ1) is 32.0. The van der Waals surface area contributed by atoms with Crippen LogP contribution in [0, 0.1) is 0 Å². The molecule has 0 aliphatic carbocycles. The molecule has 0 amide bonds. The fourth-order valence-electron chi connectivity index (χ4n) is 9.46. The predicted octanol–water partition coefficient (Wildman–Crippen LogP) is 11.0. The summed E-state index contributed by atoms with van der Waals surface area (Å²) in [5, 5.41) is 9.99. The first-order valence-corrected chi connectivity index (χ1v) is 21.4. The van der Waals surface area contributed by atoms with Gasteiger partial charge in [-0.1, -0.05) is 146 Å². The molecule has 4 aromatic heterocycles. The van der Waals surface area contributed by atoms with Gasteiger partial charge in [-0.15, -0.1) is 0 Å². The minimum atomic E-state index is -2.80. The van der Waals surface area contributed by atoms with Crippen LogP contribution >= 0.6 is 0 Å². The SMILES string of the molecule is C1=C(c2cccc(-c3ccc4ccc5cccnc5c4n3)c2)[Si]2(C(c3cccc(-c4ccc5ccc6cccnc6c5n4)c3)=C1)c1ccccc1-c1ccccc12. The van der Waals surface area contributed by atoms with Gasteiger partial charge >= 0.3 is 0 Å². The summed E-state index contributed by atoms with van der Waals surface area (Å²) in [6.45, 7) is 0. The Morgan fingerprint density at radius 1 is 0.333 bits per heavy atom. The zero-order chi connectivity index (χ0) is 37.5. The number of hydrogen-bond acceptors (Lipinski definition) is 4. The number of hydrogen-bond donors (Lipinski definition) is 0. The van der Waals surface area contributed by atoms with Crippen LogP contribution < -0.4 is 10.4 Å². The monoisotopic (exact) mass is 740 g/mol. The molecule has 10 aromatic rings. The average Bonchev–Trinajstić information content (AvgIpc) is 3.83. The molecule has 6 heterocycles. The quantitative estimate of drug-likeness (QED) is 0.133. The lowest BCUT2D eigenvalue weighted by atomic mass is 10.0. The molecule has 0 atom stereocenters. The molecular formula is C52H32N4Si. The van der Waals surface area contributed by atoms with Crippen LogP contribution in [0.25, 0.3) is 87.6 Å². The lowest BCUT2D eigenvalue weighted by molar-refractivity contribution is 1.37. The number of fused-ring (bicyclic) bond motifs is 11. The molecule has 0 N–H and O–H groups in total. The van der Waals surface area contributed by atoms with Crippen LogP contribution in [-0.4, -0.2) is 28.0 Å². The Morgan fingerprint density at radius 2 is 0.754 bits per heavy atom. The summed E-state index contributed by atoms with van der Waals surface area (Å²) >= 11 is 0. The summed E-state index contributed by atoms with van der Waals surface area (Å²) in [6.07, 6.45) is 8.51. The van der Waals surface area contributed by atoms with Gasteiger partial charge in [-0.3, -0.25) is 9.97 Å². The Balaban J connectivity index is 1.02. The fraction of sp³-hybridized carbons (Fsp3) is 0. The zero-order valence-corrected chi connectivity index (χ0v) is 31.8. The van der Waals surface area contributed by atoms with E-state index in [1.807, 2.05) is 24.5 Å². The van der Waals surface area contributed by atoms with Crippen molar-refractivity contribution >= 4 is 72.5 Å². The Hall–Kier alpha value is -7.34. The minimum absolute atomic E-state index is 0.926. The van der Waals surface area contributed by atoms with E-state index in [0.717, 1.165) is 66.1 Å². The third kappa shape index (κ3) is 4.73. The topological polar surface area (TPSA) is 51.6 Å². The standard InChI is InChI=1S/C52H32N4Si/c1-3-17-47-41(15-1)42-16-2-4-18-48(42)57(47)45(39-11-5-9-37(31-39)43-25-23-35-21-19-33-13-7-29-53-49(33)51(35)55-43)27-28-46(57)40-12-6-10-38(32-40)44-26-24-36-22-20-34-14-8-30-54-50(34)52(36)56-44/h1-32H. The van der Waals surface area contributed by atoms with Crippen molar-refractivity contribution in [2.75, 3.05) is 0 Å². The average molecular weight is 741 g/mol. The molecule has 2 aliphatic rings. The Bertz CT molecular complexity index is 3160. The number of rotatable bonds is 4. The molecule has 2 aliphatic heterocycles. The van der Waals surface area contributed by atoms with E-state index < -0.39 is 8.07 Å². The van der Waals surface area contributed by atoms with Crippen LogP contribution in [-0.2, 0) is 0 Å². The second kappa shape index (κ2) is 12.3. The molecule has 1 spiro atoms. The molecule has 5 heteroatoms. The lowest BCUT2D eigenvalue weighted by Gasteiger charge is -2.33. The molecule has 6 aromatic carbocycles. The second-order valence-corrected chi connectivity index (χ2v) is 18.6. The third-order valence-electron chi connectivity index (χ3n) is 12.0. The van der Waals surface area contributed by atoms with Crippen molar-refractivity contribution in [2.45, 2.75) is 0 Å². The summed E-state index contributed by atoms with van der Waals surface area (Å²) in [5.41, 5.74) is 12.9. The van der Waals surface area contributed by atoms with Gasteiger partial charge in [0.25, 0.3) is 0 Å². The van der Waals surface area contributed by atoms with Crippen LogP contribution in [0.2, 0.25) is 0 Å². The van der Waals surface area contributed by atoms with E-state index in [-0.39, 0.29) is 0 Å². The molecule has 0 fully saturated rings. The van der Waals surface area contributed by atoms with E-state index in [2.05, 4.69) is 170 Å². The largest absolute Gasteiger partial charge is 0.254 e. The fourth-order valence-corrected chi connectivity index (χ4v) is 15.0. The molecule has 12 rings (SSSR count). The highest BCUT2D eigenvalue weighted by Gasteiger charge is 2.53. The first-order chi connectivity index (χ1) is 28.2. The van der Waals surface area contributed by atoms with E-state index in [1.165, 1.54) is 43.0 Å². The van der Waals surface area contributed by atoms with Gasteiger partial charge in [-0.25, -0.2) is 9.97 Å². The Labute approximate surface area is 330 Å². The first-order valence-electron chi connectivity index (χ1n) is 19.4. The van der Waals surface area contributed by atoms with E-state index in [0.29, 0.717) is 0 Å². The van der Waals surface area contributed by atoms with Crippen LogP contribution in [0.3, 0.4) is 0 Å². The highest BCUT2D eigenvalue weighted by atomic mass is 28.3. The van der Waals surface area contributed by atoms with Crippen molar-refractivity contribution in [1.82, 2.24) is 19.9 Å². The zero-order valence-electron chi connectivity index (χ0n) is 30.8. The molecule has 57 heavy (non-hydrogen) atoms. The van der Waals surface area contributed by atoms with Crippen LogP contribution in [0.5, 0.6) is 0 Å². The molecular weight excluding hydrogens is 709 g/mol. The van der Waals surface area contributed by atoms with E-state index in [9.17, 15) is 0 Å². The third-order valence-corrected chi connectivity index (χ3v) is 17.0. The van der Waals surface area contributed by atoms with E-state index in [4.69, 9.17) is 19.9 Å².